The number of carbonyl (C=O) groups excluding carboxylic acids is 1. The Kier molecular flexibility index (Phi) is 4.54. The van der Waals surface area contributed by atoms with Gasteiger partial charge in [0.05, 0.1) is 60.2 Å². The van der Waals surface area contributed by atoms with E-state index in [-0.39, 0.29) is 12.5 Å². The Morgan fingerprint density at radius 2 is 2.10 bits per heavy atom. The van der Waals surface area contributed by atoms with Crippen LogP contribution in [0.2, 0.25) is 0 Å². The highest BCUT2D eigenvalue weighted by atomic mass is 16.5. The number of aryl methyl sites for hydroxylation is 2. The van der Waals surface area contributed by atoms with Gasteiger partial charge >= 0.3 is 0 Å². The van der Waals surface area contributed by atoms with Crippen molar-refractivity contribution >= 4 is 28.2 Å². The molecule has 0 bridgehead atoms. The van der Waals surface area contributed by atoms with Crippen molar-refractivity contribution in [3.8, 4) is 16.9 Å². The molecule has 0 spiro atoms. The summed E-state index contributed by atoms with van der Waals surface area (Å²) in [4.78, 5) is 23.4. The summed E-state index contributed by atoms with van der Waals surface area (Å²) in [6, 6.07) is 9.71. The van der Waals surface area contributed by atoms with Gasteiger partial charge in [-0.05, 0) is 38.1 Å². The van der Waals surface area contributed by atoms with Crippen LogP contribution in [-0.2, 0) is 11.3 Å². The van der Waals surface area contributed by atoms with Crippen LogP contribution in [0.1, 0.15) is 17.1 Å². The Morgan fingerprint density at radius 1 is 1.23 bits per heavy atom. The molecule has 8 nitrogen and oxygen atoms in total. The lowest BCUT2D eigenvalue weighted by Crippen LogP contribution is -2.38. The fourth-order valence-corrected chi connectivity index (χ4v) is 4.13. The van der Waals surface area contributed by atoms with Gasteiger partial charge in [0.1, 0.15) is 11.5 Å². The van der Waals surface area contributed by atoms with E-state index in [1.165, 1.54) is 0 Å². The maximum Gasteiger partial charge on any atom is 0.244 e. The first kappa shape index (κ1) is 19.0. The van der Waals surface area contributed by atoms with Crippen LogP contribution in [0, 0.1) is 13.8 Å². The van der Waals surface area contributed by atoms with Crippen molar-refractivity contribution in [3.05, 3.63) is 59.9 Å². The van der Waals surface area contributed by atoms with Crippen LogP contribution in [0.3, 0.4) is 0 Å². The lowest BCUT2D eigenvalue weighted by molar-refractivity contribution is -0.115. The summed E-state index contributed by atoms with van der Waals surface area (Å²) in [6.07, 6.45) is 3.45. The zero-order valence-electron chi connectivity index (χ0n) is 17.5. The molecule has 8 heteroatoms. The fourth-order valence-electron chi connectivity index (χ4n) is 4.13. The summed E-state index contributed by atoms with van der Waals surface area (Å²) >= 11 is 0. The largest absolute Gasteiger partial charge is 0.496 e. The number of fused-ring (bicyclic) bond motifs is 3. The summed E-state index contributed by atoms with van der Waals surface area (Å²) in [6.45, 7) is 4.52. The molecule has 1 aromatic carbocycles. The number of rotatable bonds is 4. The Labute approximate surface area is 178 Å². The molecule has 0 atom stereocenters. The first-order chi connectivity index (χ1) is 15.0. The van der Waals surface area contributed by atoms with E-state index in [9.17, 15) is 4.79 Å². The average molecular weight is 415 g/mol. The SMILES string of the molecule is COc1cc2c3c(cnc2cc1-c1c(C)noc1C)NC(=O)CN3Cc1ccccn1. The molecule has 0 fully saturated rings. The van der Waals surface area contributed by atoms with Crippen LogP contribution < -0.4 is 15.0 Å². The monoisotopic (exact) mass is 415 g/mol. The number of hydrogen-bond donors (Lipinski definition) is 1. The van der Waals surface area contributed by atoms with E-state index < -0.39 is 0 Å². The van der Waals surface area contributed by atoms with Crippen molar-refractivity contribution in [1.29, 1.82) is 0 Å². The van der Waals surface area contributed by atoms with E-state index in [0.29, 0.717) is 18.0 Å². The van der Waals surface area contributed by atoms with E-state index in [1.807, 2.05) is 49.1 Å². The van der Waals surface area contributed by atoms with Crippen LogP contribution in [0.15, 0.2) is 47.2 Å². The van der Waals surface area contributed by atoms with Crippen molar-refractivity contribution in [3.63, 3.8) is 0 Å². The predicted octanol–water partition coefficient (Wildman–Crippen LogP) is 3.87. The summed E-state index contributed by atoms with van der Waals surface area (Å²) in [7, 11) is 1.64. The van der Waals surface area contributed by atoms with Crippen LogP contribution in [0.5, 0.6) is 5.75 Å². The van der Waals surface area contributed by atoms with Crippen molar-refractivity contribution in [2.24, 2.45) is 0 Å². The molecular weight excluding hydrogens is 394 g/mol. The molecule has 1 aliphatic rings. The van der Waals surface area contributed by atoms with Gasteiger partial charge in [-0.25, -0.2) is 0 Å². The smallest absolute Gasteiger partial charge is 0.244 e. The number of anilines is 2. The van der Waals surface area contributed by atoms with Crippen LogP contribution >= 0.6 is 0 Å². The van der Waals surface area contributed by atoms with Crippen molar-refractivity contribution in [2.75, 3.05) is 23.9 Å². The molecule has 4 heterocycles. The molecule has 0 aliphatic carbocycles. The zero-order chi connectivity index (χ0) is 21.5. The summed E-state index contributed by atoms with van der Waals surface area (Å²) in [5.41, 5.74) is 5.80. The molecule has 1 N–H and O–H groups in total. The number of aromatic nitrogens is 3. The minimum Gasteiger partial charge on any atom is -0.496 e. The van der Waals surface area contributed by atoms with Crippen LogP contribution in [0.4, 0.5) is 11.4 Å². The van der Waals surface area contributed by atoms with E-state index in [0.717, 1.165) is 44.9 Å². The van der Waals surface area contributed by atoms with Gasteiger partial charge in [0.2, 0.25) is 5.91 Å². The van der Waals surface area contributed by atoms with E-state index in [1.54, 1.807) is 19.5 Å². The van der Waals surface area contributed by atoms with Gasteiger partial charge in [-0.1, -0.05) is 11.2 Å². The van der Waals surface area contributed by atoms with Crippen LogP contribution in [-0.4, -0.2) is 34.7 Å². The average Bonchev–Trinajstić information content (AvgIpc) is 3.10. The fraction of sp³-hybridized carbons (Fsp3) is 0.217. The van der Waals surface area contributed by atoms with Crippen molar-refractivity contribution in [2.45, 2.75) is 20.4 Å². The number of amides is 1. The van der Waals surface area contributed by atoms with Gasteiger partial charge in [-0.2, -0.15) is 0 Å². The third-order valence-corrected chi connectivity index (χ3v) is 5.47. The molecule has 31 heavy (non-hydrogen) atoms. The lowest BCUT2D eigenvalue weighted by Gasteiger charge is -2.31. The quantitative estimate of drug-likeness (QED) is 0.541. The van der Waals surface area contributed by atoms with Gasteiger partial charge < -0.3 is 19.5 Å². The van der Waals surface area contributed by atoms with Crippen molar-refractivity contribution < 1.29 is 14.1 Å². The second-order valence-electron chi connectivity index (χ2n) is 7.51. The highest BCUT2D eigenvalue weighted by molar-refractivity contribution is 6.09. The minimum atomic E-state index is -0.0797. The number of carbonyl (C=O) groups is 1. The normalized spacial score (nSPS) is 13.3. The number of nitrogens with zero attached hydrogens (tertiary/aromatic N) is 4. The zero-order valence-corrected chi connectivity index (χ0v) is 17.5. The number of ether oxygens (including phenoxy) is 1. The third-order valence-electron chi connectivity index (χ3n) is 5.47. The first-order valence-corrected chi connectivity index (χ1v) is 9.94. The number of nitrogens with one attached hydrogen (secondary N) is 1. The Morgan fingerprint density at radius 3 is 2.81 bits per heavy atom. The van der Waals surface area contributed by atoms with Gasteiger partial charge in [-0.15, -0.1) is 0 Å². The lowest BCUT2D eigenvalue weighted by atomic mass is 9.99. The molecule has 1 aliphatic heterocycles. The van der Waals surface area contributed by atoms with Gasteiger partial charge in [-0.3, -0.25) is 14.8 Å². The molecule has 1 amide bonds. The van der Waals surface area contributed by atoms with E-state index in [2.05, 4.69) is 20.4 Å². The third kappa shape index (κ3) is 3.26. The standard InChI is InChI=1S/C23H21N5O3/c1-13-22(14(2)31-27-13)17-8-18-16(9-20(17)30-3)23-19(10-25-18)26-21(29)12-28(23)11-15-6-4-5-7-24-15/h4-10H,11-12H2,1-3H3,(H,26,29). The highest BCUT2D eigenvalue weighted by Gasteiger charge is 2.27. The van der Waals surface area contributed by atoms with Crippen LogP contribution in [0.25, 0.3) is 22.0 Å². The number of methoxy groups -OCH3 is 1. The number of pyridine rings is 2. The Hall–Kier alpha value is -3.94. The molecule has 0 saturated heterocycles. The number of benzene rings is 1. The van der Waals surface area contributed by atoms with Gasteiger partial charge in [0.25, 0.3) is 0 Å². The van der Waals surface area contributed by atoms with E-state index in [4.69, 9.17) is 9.26 Å². The molecular formula is C23H21N5O3. The maximum atomic E-state index is 12.3. The summed E-state index contributed by atoms with van der Waals surface area (Å²) < 4.78 is 11.1. The Balaban J connectivity index is 1.70. The van der Waals surface area contributed by atoms with E-state index >= 15 is 0 Å². The minimum absolute atomic E-state index is 0.0797. The van der Waals surface area contributed by atoms with Crippen molar-refractivity contribution in [1.82, 2.24) is 15.1 Å². The molecule has 0 unspecified atom stereocenters. The molecule has 0 radical (unpaired) electrons. The highest BCUT2D eigenvalue weighted by Crippen LogP contribution is 2.42. The maximum absolute atomic E-state index is 12.3. The molecule has 5 rings (SSSR count). The summed E-state index contributed by atoms with van der Waals surface area (Å²) in [5, 5.41) is 7.90. The second kappa shape index (κ2) is 7.39. The molecule has 4 aromatic rings. The summed E-state index contributed by atoms with van der Waals surface area (Å²) in [5.74, 6) is 1.33. The second-order valence-corrected chi connectivity index (χ2v) is 7.51. The Bertz CT molecular complexity index is 1280. The molecule has 156 valence electrons. The van der Waals surface area contributed by atoms with Gasteiger partial charge in [0.15, 0.2) is 0 Å². The topological polar surface area (TPSA) is 93.4 Å². The number of hydrogen-bond acceptors (Lipinski definition) is 7. The molecule has 0 saturated carbocycles. The van der Waals surface area contributed by atoms with Gasteiger partial charge in [0, 0.05) is 17.1 Å². The molecule has 3 aromatic heterocycles. The first-order valence-electron chi connectivity index (χ1n) is 9.94. The predicted molar refractivity (Wildman–Crippen MR) is 117 cm³/mol.